The second-order valence-electron chi connectivity index (χ2n) is 5.91. The van der Waals surface area contributed by atoms with Gasteiger partial charge in [0, 0.05) is 13.7 Å². The van der Waals surface area contributed by atoms with E-state index in [1.54, 1.807) is 7.11 Å². The Hall–Kier alpha value is -2.73. The number of urea groups is 1. The first-order chi connectivity index (χ1) is 12.2. The molecule has 1 aliphatic heterocycles. The van der Waals surface area contributed by atoms with Crippen LogP contribution in [0.4, 0.5) is 4.79 Å². The maximum Gasteiger partial charge on any atom is 0.315 e. The number of methoxy groups -OCH3 is 1. The van der Waals surface area contributed by atoms with Gasteiger partial charge in [-0.2, -0.15) is 0 Å². The number of carbonyl (C=O) groups excluding carboxylic acids is 1. The number of hydrogen-bond donors (Lipinski definition) is 2. The molecule has 0 fully saturated rings. The summed E-state index contributed by atoms with van der Waals surface area (Å²) >= 11 is 0. The molecule has 0 bridgehead atoms. The number of nitrogens with one attached hydrogen (secondary N) is 2. The summed E-state index contributed by atoms with van der Waals surface area (Å²) in [6.45, 7) is 3.18. The van der Waals surface area contributed by atoms with Crippen LogP contribution >= 0.6 is 0 Å². The van der Waals surface area contributed by atoms with Gasteiger partial charge < -0.3 is 24.8 Å². The highest BCUT2D eigenvalue weighted by atomic mass is 16.7. The molecular weight excluding hydrogens is 320 g/mol. The number of ether oxygens (including phenoxy) is 3. The van der Waals surface area contributed by atoms with Crippen LogP contribution in [0.5, 0.6) is 11.5 Å². The van der Waals surface area contributed by atoms with E-state index in [0.717, 1.165) is 22.4 Å². The minimum absolute atomic E-state index is 0.144. The number of rotatable bonds is 6. The molecule has 2 aromatic rings. The third kappa shape index (κ3) is 4.42. The lowest BCUT2D eigenvalue weighted by Gasteiger charge is -2.15. The Morgan fingerprint density at radius 3 is 2.80 bits per heavy atom. The summed E-state index contributed by atoms with van der Waals surface area (Å²) in [5.41, 5.74) is 3.07. The van der Waals surface area contributed by atoms with Crippen LogP contribution in [0, 0.1) is 0 Å². The van der Waals surface area contributed by atoms with Crippen LogP contribution in [0.2, 0.25) is 0 Å². The van der Waals surface area contributed by atoms with Crippen LogP contribution in [-0.4, -0.2) is 19.9 Å². The van der Waals surface area contributed by atoms with Gasteiger partial charge in [0.1, 0.15) is 0 Å². The second-order valence-corrected chi connectivity index (χ2v) is 5.91. The van der Waals surface area contributed by atoms with E-state index in [1.165, 1.54) is 0 Å². The predicted octanol–water partition coefficient (Wildman–Crippen LogP) is 3.12. The van der Waals surface area contributed by atoms with Crippen LogP contribution in [0.3, 0.4) is 0 Å². The fourth-order valence-electron chi connectivity index (χ4n) is 2.69. The maximum absolute atomic E-state index is 12.1. The van der Waals surface area contributed by atoms with Crippen molar-refractivity contribution in [3.63, 3.8) is 0 Å². The molecule has 0 aliphatic carbocycles. The van der Waals surface area contributed by atoms with E-state index >= 15 is 0 Å². The van der Waals surface area contributed by atoms with E-state index in [0.29, 0.717) is 18.9 Å². The van der Waals surface area contributed by atoms with Gasteiger partial charge in [-0.1, -0.05) is 30.3 Å². The molecule has 0 aromatic heterocycles. The summed E-state index contributed by atoms with van der Waals surface area (Å²) in [6.07, 6.45) is 0. The molecule has 2 aromatic carbocycles. The van der Waals surface area contributed by atoms with E-state index in [1.807, 2.05) is 49.4 Å². The van der Waals surface area contributed by atoms with Crippen molar-refractivity contribution in [2.75, 3.05) is 13.9 Å². The Morgan fingerprint density at radius 2 is 1.96 bits per heavy atom. The molecule has 2 amide bonds. The molecule has 0 unspecified atom stereocenters. The van der Waals surface area contributed by atoms with Gasteiger partial charge in [0.2, 0.25) is 6.79 Å². The standard InChI is InChI=1S/C19H22N2O4/c1-13(16-6-7-17-18(9-16)25-12-24-17)21-19(22)20-10-14-4-3-5-15(8-14)11-23-2/h3-9,13H,10-12H2,1-2H3,(H2,20,21,22)/t13-/m0/s1. The van der Waals surface area contributed by atoms with Crippen molar-refractivity contribution in [1.82, 2.24) is 10.6 Å². The third-order valence-corrected chi connectivity index (χ3v) is 4.00. The third-order valence-electron chi connectivity index (χ3n) is 4.00. The normalized spacial score (nSPS) is 13.4. The van der Waals surface area contributed by atoms with E-state index in [9.17, 15) is 4.79 Å². The Kier molecular flexibility index (Phi) is 5.40. The van der Waals surface area contributed by atoms with Crippen LogP contribution in [0.1, 0.15) is 29.7 Å². The van der Waals surface area contributed by atoms with Crippen LogP contribution < -0.4 is 20.1 Å². The molecule has 0 saturated heterocycles. The van der Waals surface area contributed by atoms with Gasteiger partial charge in [-0.15, -0.1) is 0 Å². The zero-order valence-corrected chi connectivity index (χ0v) is 14.4. The second kappa shape index (κ2) is 7.90. The average molecular weight is 342 g/mol. The molecule has 1 atom stereocenters. The fourth-order valence-corrected chi connectivity index (χ4v) is 2.69. The molecule has 25 heavy (non-hydrogen) atoms. The van der Waals surface area contributed by atoms with Crippen LogP contribution in [-0.2, 0) is 17.9 Å². The summed E-state index contributed by atoms with van der Waals surface area (Å²) in [4.78, 5) is 12.1. The van der Waals surface area contributed by atoms with Crippen LogP contribution in [0.15, 0.2) is 42.5 Å². The number of carbonyl (C=O) groups is 1. The van der Waals surface area contributed by atoms with E-state index in [4.69, 9.17) is 14.2 Å². The van der Waals surface area contributed by atoms with Gasteiger partial charge in [-0.25, -0.2) is 4.79 Å². The van der Waals surface area contributed by atoms with Crippen molar-refractivity contribution < 1.29 is 19.0 Å². The van der Waals surface area contributed by atoms with Gasteiger partial charge in [0.15, 0.2) is 11.5 Å². The van der Waals surface area contributed by atoms with E-state index in [2.05, 4.69) is 10.6 Å². The summed E-state index contributed by atoms with van der Waals surface area (Å²) in [6, 6.07) is 13.2. The first-order valence-corrected chi connectivity index (χ1v) is 8.16. The molecule has 0 radical (unpaired) electrons. The topological polar surface area (TPSA) is 68.8 Å². The number of amides is 2. The van der Waals surface area contributed by atoms with E-state index < -0.39 is 0 Å². The number of fused-ring (bicyclic) bond motifs is 1. The molecule has 6 heteroatoms. The SMILES string of the molecule is COCc1cccc(CNC(=O)N[C@@H](C)c2ccc3c(c2)OCO3)c1. The highest BCUT2D eigenvalue weighted by molar-refractivity contribution is 5.74. The minimum atomic E-state index is -0.220. The van der Waals surface area contributed by atoms with Crippen molar-refractivity contribution in [1.29, 1.82) is 0 Å². The lowest BCUT2D eigenvalue weighted by molar-refractivity contribution is 0.174. The largest absolute Gasteiger partial charge is 0.454 e. The number of benzene rings is 2. The lowest BCUT2D eigenvalue weighted by Crippen LogP contribution is -2.36. The summed E-state index contributed by atoms with van der Waals surface area (Å²) in [5.74, 6) is 1.44. The summed E-state index contributed by atoms with van der Waals surface area (Å²) in [5, 5.41) is 5.80. The number of hydrogen-bond acceptors (Lipinski definition) is 4. The smallest absolute Gasteiger partial charge is 0.315 e. The lowest BCUT2D eigenvalue weighted by atomic mass is 10.1. The fraction of sp³-hybridized carbons (Fsp3) is 0.316. The molecular formula is C19H22N2O4. The van der Waals surface area contributed by atoms with Gasteiger partial charge >= 0.3 is 6.03 Å². The molecule has 2 N–H and O–H groups in total. The molecule has 1 heterocycles. The first kappa shape index (κ1) is 17.1. The highest BCUT2D eigenvalue weighted by Gasteiger charge is 2.16. The molecule has 0 spiro atoms. The summed E-state index contributed by atoms with van der Waals surface area (Å²) in [7, 11) is 1.66. The van der Waals surface area contributed by atoms with Crippen molar-refractivity contribution in [2.45, 2.75) is 26.1 Å². The molecule has 6 nitrogen and oxygen atoms in total. The van der Waals surface area contributed by atoms with Gasteiger partial charge in [0.25, 0.3) is 0 Å². The van der Waals surface area contributed by atoms with Gasteiger partial charge in [-0.05, 0) is 35.7 Å². The molecule has 1 aliphatic rings. The summed E-state index contributed by atoms with van der Waals surface area (Å²) < 4.78 is 15.8. The zero-order valence-electron chi connectivity index (χ0n) is 14.4. The van der Waals surface area contributed by atoms with E-state index in [-0.39, 0.29) is 18.9 Å². The van der Waals surface area contributed by atoms with Gasteiger partial charge in [-0.3, -0.25) is 0 Å². The predicted molar refractivity (Wildman–Crippen MR) is 93.5 cm³/mol. The monoisotopic (exact) mass is 342 g/mol. The quantitative estimate of drug-likeness (QED) is 0.846. The van der Waals surface area contributed by atoms with Gasteiger partial charge in [0.05, 0.1) is 12.6 Å². The maximum atomic E-state index is 12.1. The van der Waals surface area contributed by atoms with Crippen molar-refractivity contribution >= 4 is 6.03 Å². The minimum Gasteiger partial charge on any atom is -0.454 e. The molecule has 132 valence electrons. The van der Waals surface area contributed by atoms with Crippen molar-refractivity contribution in [3.8, 4) is 11.5 Å². The van der Waals surface area contributed by atoms with Crippen LogP contribution in [0.25, 0.3) is 0 Å². The first-order valence-electron chi connectivity index (χ1n) is 8.16. The Morgan fingerprint density at radius 1 is 1.16 bits per heavy atom. The zero-order chi connectivity index (χ0) is 17.6. The van der Waals surface area contributed by atoms with Crippen molar-refractivity contribution in [3.05, 3.63) is 59.2 Å². The Balaban J connectivity index is 1.53. The Labute approximate surface area is 147 Å². The van der Waals surface area contributed by atoms with Crippen molar-refractivity contribution in [2.24, 2.45) is 0 Å². The highest BCUT2D eigenvalue weighted by Crippen LogP contribution is 2.34. The molecule has 3 rings (SSSR count). The average Bonchev–Trinajstić information content (AvgIpc) is 3.08. The Bertz CT molecular complexity index is 748. The molecule has 0 saturated carbocycles.